The molecule has 5 rings (SSSR count). The van der Waals surface area contributed by atoms with Crippen molar-refractivity contribution in [2.75, 3.05) is 10.7 Å². The van der Waals surface area contributed by atoms with Gasteiger partial charge in [-0.25, -0.2) is 4.39 Å². The highest BCUT2D eigenvalue weighted by molar-refractivity contribution is 7.85. The number of amides is 1. The molecule has 1 amide bonds. The third-order valence-corrected chi connectivity index (χ3v) is 7.96. The summed E-state index contributed by atoms with van der Waals surface area (Å²) < 4.78 is 39.5. The van der Waals surface area contributed by atoms with Gasteiger partial charge >= 0.3 is 0 Å². The van der Waals surface area contributed by atoms with E-state index in [1.54, 1.807) is 4.90 Å². The van der Waals surface area contributed by atoms with Gasteiger partial charge in [0.25, 0.3) is 0 Å². The minimum atomic E-state index is -1.51. The lowest BCUT2D eigenvalue weighted by atomic mass is 9.97. The third kappa shape index (κ3) is 5.07. The van der Waals surface area contributed by atoms with Crippen molar-refractivity contribution >= 4 is 22.4 Å². The maximum atomic E-state index is 15.2. The van der Waals surface area contributed by atoms with Crippen LogP contribution in [0.4, 0.5) is 10.1 Å². The van der Waals surface area contributed by atoms with Crippen LogP contribution in [0.5, 0.6) is 5.75 Å². The molecule has 1 saturated carbocycles. The van der Waals surface area contributed by atoms with Crippen molar-refractivity contribution in [3.05, 3.63) is 53.7 Å². The van der Waals surface area contributed by atoms with Crippen molar-refractivity contribution < 1.29 is 22.7 Å². The van der Waals surface area contributed by atoms with Crippen molar-refractivity contribution in [2.24, 2.45) is 0 Å². The van der Waals surface area contributed by atoms with Crippen LogP contribution < -0.4 is 9.64 Å². The lowest BCUT2D eigenvalue weighted by molar-refractivity contribution is -0.118. The summed E-state index contributed by atoms with van der Waals surface area (Å²) in [7, 11) is -1.51. The van der Waals surface area contributed by atoms with E-state index < -0.39 is 22.0 Å². The van der Waals surface area contributed by atoms with Gasteiger partial charge in [-0.3, -0.25) is 9.00 Å². The molecule has 1 aliphatic heterocycles. The molecule has 1 fully saturated rings. The molecule has 3 aromatic rings. The van der Waals surface area contributed by atoms with Crippen molar-refractivity contribution in [3.63, 3.8) is 0 Å². The van der Waals surface area contributed by atoms with E-state index in [1.165, 1.54) is 25.0 Å². The maximum Gasteiger partial charge on any atom is 0.232 e. The number of hydrogen-bond donors (Lipinski definition) is 0. The number of carbonyl (C=O) groups excluding carboxylic acids is 1. The van der Waals surface area contributed by atoms with Crippen molar-refractivity contribution in [3.8, 4) is 17.1 Å². The quantitative estimate of drug-likeness (QED) is 0.447. The van der Waals surface area contributed by atoms with Gasteiger partial charge in [0.2, 0.25) is 17.6 Å². The summed E-state index contributed by atoms with van der Waals surface area (Å²) in [6.07, 6.45) is 4.93. The van der Waals surface area contributed by atoms with Crippen LogP contribution in [0.3, 0.4) is 0 Å². The van der Waals surface area contributed by atoms with Gasteiger partial charge in [-0.2, -0.15) is 4.98 Å². The zero-order valence-electron chi connectivity index (χ0n) is 20.8. The number of benzene rings is 2. The lowest BCUT2D eigenvalue weighted by Gasteiger charge is -2.23. The van der Waals surface area contributed by atoms with E-state index in [9.17, 15) is 9.00 Å². The topological polar surface area (TPSA) is 85.5 Å². The first-order chi connectivity index (χ1) is 17.2. The highest BCUT2D eigenvalue weighted by Gasteiger charge is 2.30. The number of aromatic nitrogens is 2. The molecule has 1 atom stereocenters. The number of hydrogen-bond acceptors (Lipinski definition) is 6. The van der Waals surface area contributed by atoms with E-state index in [-0.39, 0.29) is 42.1 Å². The number of carbonyl (C=O) groups is 1. The minimum Gasteiger partial charge on any atom is -0.490 e. The zero-order chi connectivity index (χ0) is 25.4. The highest BCUT2D eigenvalue weighted by Crippen LogP contribution is 2.36. The number of nitrogens with zero attached hydrogens (tertiary/aromatic N) is 3. The van der Waals surface area contributed by atoms with E-state index in [1.807, 2.05) is 45.0 Å². The van der Waals surface area contributed by atoms with Crippen molar-refractivity contribution in [1.82, 2.24) is 10.1 Å². The third-order valence-electron chi connectivity index (χ3n) is 6.56. The lowest BCUT2D eigenvalue weighted by Crippen LogP contribution is -2.30. The largest absolute Gasteiger partial charge is 0.490 e. The van der Waals surface area contributed by atoms with Crippen LogP contribution in [0.2, 0.25) is 0 Å². The number of rotatable bonds is 5. The normalized spacial score (nSPS) is 18.8. The second-order valence-electron chi connectivity index (χ2n) is 10.4. The van der Waals surface area contributed by atoms with Gasteiger partial charge in [0.15, 0.2) is 0 Å². The number of halogens is 1. The molecular formula is C27H30FN3O4S. The summed E-state index contributed by atoms with van der Waals surface area (Å²) in [6.45, 7) is 6.03. The molecule has 1 aliphatic carbocycles. The zero-order valence-corrected chi connectivity index (χ0v) is 21.6. The van der Waals surface area contributed by atoms with Crippen LogP contribution in [-0.2, 0) is 27.6 Å². The molecule has 2 aliphatic rings. The summed E-state index contributed by atoms with van der Waals surface area (Å²) in [5.74, 6) is 0.649. The van der Waals surface area contributed by atoms with Gasteiger partial charge in [-0.1, -0.05) is 38.1 Å². The fourth-order valence-corrected chi connectivity index (χ4v) is 5.75. The van der Waals surface area contributed by atoms with Gasteiger partial charge in [-0.05, 0) is 55.5 Å². The molecule has 0 radical (unpaired) electrons. The first kappa shape index (κ1) is 24.6. The monoisotopic (exact) mass is 511 g/mol. The Morgan fingerprint density at radius 1 is 1.17 bits per heavy atom. The molecule has 0 spiro atoms. The molecule has 36 heavy (non-hydrogen) atoms. The highest BCUT2D eigenvalue weighted by atomic mass is 32.2. The van der Waals surface area contributed by atoms with Crippen LogP contribution >= 0.6 is 0 Å². The molecule has 7 nitrogen and oxygen atoms in total. The predicted octanol–water partition coefficient (Wildman–Crippen LogP) is 5.54. The molecule has 0 bridgehead atoms. The average molecular weight is 512 g/mol. The molecular weight excluding hydrogens is 481 g/mol. The standard InChI is InChI=1S/C27H30FN3O4S/c1-27(2,3)26-29-25(30-35-26)20-14-22-23(15-21(20)28)36(33)13-12-24(32)31(22)16-17-8-10-19(11-9-17)34-18-6-4-5-7-18/h8-11,14-15,18H,4-7,12-13,16H2,1-3H3. The Morgan fingerprint density at radius 2 is 1.89 bits per heavy atom. The van der Waals surface area contributed by atoms with Crippen molar-refractivity contribution in [1.29, 1.82) is 0 Å². The molecule has 2 aromatic carbocycles. The Kier molecular flexibility index (Phi) is 6.68. The van der Waals surface area contributed by atoms with Gasteiger partial charge in [0.05, 0.1) is 39.6 Å². The van der Waals surface area contributed by atoms with E-state index in [4.69, 9.17) is 9.26 Å². The van der Waals surface area contributed by atoms with E-state index in [0.717, 1.165) is 24.2 Å². The summed E-state index contributed by atoms with van der Waals surface area (Å²) in [5, 5.41) is 3.97. The molecule has 1 unspecified atom stereocenters. The SMILES string of the molecule is CC(C)(C)c1nc(-c2cc3c(cc2F)S(=O)CCC(=O)N3Cc2ccc(OC3CCCC3)cc2)no1. The minimum absolute atomic E-state index is 0.0936. The average Bonchev–Trinajstić information content (AvgIpc) is 3.52. The Labute approximate surface area is 212 Å². The van der Waals surface area contributed by atoms with Gasteiger partial charge in [0.1, 0.15) is 11.6 Å². The summed E-state index contributed by atoms with van der Waals surface area (Å²) in [5.41, 5.74) is 0.997. The first-order valence-electron chi connectivity index (χ1n) is 12.3. The van der Waals surface area contributed by atoms with Crippen LogP contribution in [0.1, 0.15) is 64.3 Å². The Bertz CT molecular complexity index is 1290. The van der Waals surface area contributed by atoms with E-state index in [0.29, 0.717) is 16.5 Å². The Morgan fingerprint density at radius 3 is 2.56 bits per heavy atom. The number of fused-ring (bicyclic) bond motifs is 1. The second kappa shape index (κ2) is 9.76. The molecule has 190 valence electrons. The summed E-state index contributed by atoms with van der Waals surface area (Å²) >= 11 is 0. The van der Waals surface area contributed by atoms with Gasteiger partial charge < -0.3 is 14.2 Å². The second-order valence-corrected chi connectivity index (χ2v) is 12.0. The molecule has 0 N–H and O–H groups in total. The smallest absolute Gasteiger partial charge is 0.232 e. The van der Waals surface area contributed by atoms with Gasteiger partial charge in [-0.15, -0.1) is 0 Å². The predicted molar refractivity (Wildman–Crippen MR) is 135 cm³/mol. The Hall–Kier alpha value is -3.07. The Balaban J connectivity index is 1.47. The fourth-order valence-electron chi connectivity index (χ4n) is 4.53. The number of anilines is 1. The van der Waals surface area contributed by atoms with Crippen LogP contribution in [0.25, 0.3) is 11.4 Å². The van der Waals surface area contributed by atoms with E-state index in [2.05, 4.69) is 10.1 Å². The summed E-state index contributed by atoms with van der Waals surface area (Å²) in [6, 6.07) is 10.4. The van der Waals surface area contributed by atoms with Crippen LogP contribution in [0, 0.1) is 5.82 Å². The summed E-state index contributed by atoms with van der Waals surface area (Å²) in [4.78, 5) is 19.4. The number of ether oxygens (including phenoxy) is 1. The maximum absolute atomic E-state index is 15.2. The van der Waals surface area contributed by atoms with Crippen molar-refractivity contribution in [2.45, 2.75) is 75.8 Å². The fraction of sp³-hybridized carbons (Fsp3) is 0.444. The molecule has 9 heteroatoms. The van der Waals surface area contributed by atoms with Gasteiger partial charge in [0, 0.05) is 17.6 Å². The molecule has 1 aromatic heterocycles. The molecule has 0 saturated heterocycles. The molecule has 2 heterocycles. The first-order valence-corrected chi connectivity index (χ1v) is 13.6. The van der Waals surface area contributed by atoms with Crippen LogP contribution in [-0.4, -0.2) is 32.1 Å². The van der Waals surface area contributed by atoms with Crippen LogP contribution in [0.15, 0.2) is 45.8 Å². The van der Waals surface area contributed by atoms with E-state index >= 15 is 4.39 Å².